The first kappa shape index (κ1) is 23.9. The van der Waals surface area contributed by atoms with E-state index in [-0.39, 0.29) is 38.6 Å². The van der Waals surface area contributed by atoms with Gasteiger partial charge in [-0.25, -0.2) is 0 Å². The second-order valence-electron chi connectivity index (χ2n) is 5.51. The zero-order valence-corrected chi connectivity index (χ0v) is 18.3. The van der Waals surface area contributed by atoms with Crippen molar-refractivity contribution in [2.24, 2.45) is 0 Å². The molecule has 0 atom stereocenters. The number of carbonyl (C=O) groups is 1. The second kappa shape index (κ2) is 11.5. The third-order valence-electron chi connectivity index (χ3n) is 2.68. The van der Waals surface area contributed by atoms with Gasteiger partial charge in [0.2, 0.25) is 0 Å². The van der Waals surface area contributed by atoms with E-state index in [4.69, 9.17) is 26.6 Å². The van der Waals surface area contributed by atoms with E-state index in [1.165, 1.54) is 0 Å². The second-order valence-corrected chi connectivity index (χ2v) is 10.8. The number of rotatable bonds is 14. The highest BCUT2D eigenvalue weighted by molar-refractivity contribution is 7.21. The van der Waals surface area contributed by atoms with Crippen LogP contribution in [0.25, 0.3) is 0 Å². The van der Waals surface area contributed by atoms with Crippen molar-refractivity contribution in [3.63, 3.8) is 0 Å². The van der Waals surface area contributed by atoms with Crippen LogP contribution in [-0.2, 0) is 26.6 Å². The lowest BCUT2D eigenvalue weighted by atomic mass is 10.5. The molecule has 0 aliphatic heterocycles. The lowest BCUT2D eigenvalue weighted by Crippen LogP contribution is -2.69. The molecule has 0 aromatic heterocycles. The Kier molecular flexibility index (Phi) is 11.4. The predicted molar refractivity (Wildman–Crippen MR) is 95.9 cm³/mol. The molecule has 9 heteroatoms. The van der Waals surface area contributed by atoms with Crippen molar-refractivity contribution >= 4 is 22.6 Å². The average Bonchev–Trinajstić information content (AvgIpc) is 2.46. The standard InChI is InChI=1S/C15H34O7Si2/c1-9-17-23(18-10-2,21-13(5)6)15(16)24(19-11-3,20-12-4)22-14(7)8/h13-14H,9-12H2,1-8H3. The van der Waals surface area contributed by atoms with Crippen LogP contribution in [-0.4, -0.2) is 61.3 Å². The maximum atomic E-state index is 13.5. The Labute approximate surface area is 148 Å². The fourth-order valence-corrected chi connectivity index (χ4v) is 8.82. The van der Waals surface area contributed by atoms with Gasteiger partial charge in [0, 0.05) is 38.6 Å². The molecule has 0 bridgehead atoms. The van der Waals surface area contributed by atoms with Gasteiger partial charge in [-0.15, -0.1) is 0 Å². The number of hydrogen-bond acceptors (Lipinski definition) is 7. The summed E-state index contributed by atoms with van der Waals surface area (Å²) in [6.07, 6.45) is -0.486. The average molecular weight is 383 g/mol. The molecule has 0 heterocycles. The zero-order valence-electron chi connectivity index (χ0n) is 16.3. The first-order chi connectivity index (χ1) is 11.2. The summed E-state index contributed by atoms with van der Waals surface area (Å²) in [6, 6.07) is 0. The quantitative estimate of drug-likeness (QED) is 0.427. The van der Waals surface area contributed by atoms with Crippen LogP contribution in [0.5, 0.6) is 0 Å². The Morgan fingerprint density at radius 1 is 0.667 bits per heavy atom. The lowest BCUT2D eigenvalue weighted by Gasteiger charge is -2.36. The van der Waals surface area contributed by atoms with Crippen LogP contribution in [0.2, 0.25) is 0 Å². The molecule has 0 aromatic rings. The summed E-state index contributed by atoms with van der Waals surface area (Å²) in [4.78, 5) is 13.5. The SMILES string of the molecule is CCO[Si](OCC)(OC(C)C)C(=O)[Si](OCC)(OCC)OC(C)C. The highest BCUT2D eigenvalue weighted by Gasteiger charge is 2.67. The van der Waals surface area contributed by atoms with Gasteiger partial charge in [0.05, 0.1) is 0 Å². The Bertz CT molecular complexity index is 320. The maximum Gasteiger partial charge on any atom is 0.578 e. The van der Waals surface area contributed by atoms with Crippen molar-refractivity contribution in [2.75, 3.05) is 26.4 Å². The fraction of sp³-hybridized carbons (Fsp3) is 0.933. The van der Waals surface area contributed by atoms with Crippen molar-refractivity contribution < 1.29 is 31.4 Å². The third kappa shape index (κ3) is 6.64. The van der Waals surface area contributed by atoms with Gasteiger partial charge >= 0.3 is 17.6 Å². The Balaban J connectivity index is 5.99. The molecule has 0 spiro atoms. The van der Waals surface area contributed by atoms with E-state index < -0.39 is 22.6 Å². The monoisotopic (exact) mass is 382 g/mol. The smallest absolute Gasteiger partial charge is 0.369 e. The highest BCUT2D eigenvalue weighted by atomic mass is 28.5. The molecule has 0 amide bonds. The summed E-state index contributed by atoms with van der Waals surface area (Å²) in [5.41, 5.74) is 0. The molecule has 0 unspecified atom stereocenters. The summed E-state index contributed by atoms with van der Waals surface area (Å²) >= 11 is 0. The Hall–Kier alpha value is -0.136. The van der Waals surface area contributed by atoms with Crippen LogP contribution < -0.4 is 0 Å². The number of carbonyl (C=O) groups excluding carboxylic acids is 1. The highest BCUT2D eigenvalue weighted by Crippen LogP contribution is 2.25. The van der Waals surface area contributed by atoms with Gasteiger partial charge in [-0.3, -0.25) is 4.79 Å². The van der Waals surface area contributed by atoms with Crippen LogP contribution in [0.4, 0.5) is 4.79 Å². The zero-order chi connectivity index (χ0) is 18.8. The van der Waals surface area contributed by atoms with E-state index in [1.807, 2.05) is 27.7 Å². The van der Waals surface area contributed by atoms with Gasteiger partial charge in [-0.1, -0.05) is 0 Å². The third-order valence-corrected chi connectivity index (χ3v) is 9.86. The van der Waals surface area contributed by atoms with Gasteiger partial charge in [-0.05, 0) is 55.4 Å². The molecule has 0 N–H and O–H groups in total. The molecule has 0 saturated heterocycles. The van der Waals surface area contributed by atoms with Crippen molar-refractivity contribution in [3.05, 3.63) is 0 Å². The molecule has 0 aromatic carbocycles. The summed E-state index contributed by atoms with van der Waals surface area (Å²) in [5.74, 6) is 0. The summed E-state index contributed by atoms with van der Waals surface area (Å²) < 4.78 is 34.9. The maximum absolute atomic E-state index is 13.5. The minimum Gasteiger partial charge on any atom is -0.369 e. The first-order valence-electron chi connectivity index (χ1n) is 8.69. The molecule has 0 aliphatic carbocycles. The van der Waals surface area contributed by atoms with E-state index in [0.717, 1.165) is 0 Å². The largest absolute Gasteiger partial charge is 0.578 e. The van der Waals surface area contributed by atoms with Gasteiger partial charge in [-0.2, -0.15) is 0 Å². The minimum absolute atomic E-state index is 0.243. The molecule has 0 saturated carbocycles. The van der Waals surface area contributed by atoms with Crippen molar-refractivity contribution in [1.29, 1.82) is 0 Å². The molecular weight excluding hydrogens is 348 g/mol. The van der Waals surface area contributed by atoms with Gasteiger partial charge in [0.1, 0.15) is 0 Å². The van der Waals surface area contributed by atoms with Gasteiger partial charge in [0.25, 0.3) is 5.03 Å². The molecule has 24 heavy (non-hydrogen) atoms. The molecule has 0 fully saturated rings. The topological polar surface area (TPSA) is 72.5 Å². The Morgan fingerprint density at radius 2 is 0.917 bits per heavy atom. The summed E-state index contributed by atoms with van der Waals surface area (Å²) in [6.45, 7) is 15.7. The van der Waals surface area contributed by atoms with E-state index in [0.29, 0.717) is 0 Å². The summed E-state index contributed by atoms with van der Waals surface area (Å²) in [5, 5.41) is -0.426. The first-order valence-corrected chi connectivity index (χ1v) is 12.1. The van der Waals surface area contributed by atoms with Crippen LogP contribution in [0.1, 0.15) is 55.4 Å². The van der Waals surface area contributed by atoms with Crippen molar-refractivity contribution in [2.45, 2.75) is 67.6 Å². The van der Waals surface area contributed by atoms with Crippen LogP contribution in [0, 0.1) is 0 Å². The Morgan fingerprint density at radius 3 is 1.08 bits per heavy atom. The van der Waals surface area contributed by atoms with Crippen molar-refractivity contribution in [1.82, 2.24) is 0 Å². The molecular formula is C15H34O7Si2. The molecule has 144 valence electrons. The van der Waals surface area contributed by atoms with E-state index in [2.05, 4.69) is 0 Å². The fourth-order valence-electron chi connectivity index (χ4n) is 2.16. The lowest BCUT2D eigenvalue weighted by molar-refractivity contribution is 0.0365. The molecule has 0 aliphatic rings. The molecule has 7 nitrogen and oxygen atoms in total. The minimum atomic E-state index is -3.69. The summed E-state index contributed by atoms with van der Waals surface area (Å²) in [7, 11) is -7.38. The van der Waals surface area contributed by atoms with Crippen LogP contribution in [0.3, 0.4) is 0 Å². The van der Waals surface area contributed by atoms with Gasteiger partial charge < -0.3 is 26.6 Å². The predicted octanol–water partition coefficient (Wildman–Crippen LogP) is 3.14. The van der Waals surface area contributed by atoms with Gasteiger partial charge in [0.15, 0.2) is 0 Å². The van der Waals surface area contributed by atoms with E-state index >= 15 is 0 Å². The molecule has 0 rings (SSSR count). The number of hydrogen-bond donors (Lipinski definition) is 0. The van der Waals surface area contributed by atoms with Crippen molar-refractivity contribution in [3.8, 4) is 0 Å². The molecule has 0 radical (unpaired) electrons. The van der Waals surface area contributed by atoms with Crippen LogP contribution in [0.15, 0.2) is 0 Å². The van der Waals surface area contributed by atoms with E-state index in [9.17, 15) is 4.79 Å². The normalized spacial score (nSPS) is 13.1. The van der Waals surface area contributed by atoms with Crippen LogP contribution >= 0.6 is 0 Å². The van der Waals surface area contributed by atoms with E-state index in [1.54, 1.807) is 27.7 Å².